The summed E-state index contributed by atoms with van der Waals surface area (Å²) in [5.74, 6) is -0.610. The van der Waals surface area contributed by atoms with Crippen molar-refractivity contribution in [3.8, 4) is 0 Å². The number of amides is 1. The molecule has 0 spiro atoms. The van der Waals surface area contributed by atoms with Gasteiger partial charge in [0.25, 0.3) is 0 Å². The molecule has 2 atom stereocenters. The van der Waals surface area contributed by atoms with Gasteiger partial charge in [-0.25, -0.2) is 9.78 Å². The Hall–Kier alpha value is -3.39. The van der Waals surface area contributed by atoms with Crippen LogP contribution in [0.3, 0.4) is 0 Å². The van der Waals surface area contributed by atoms with Gasteiger partial charge in [0.15, 0.2) is 0 Å². The average molecular weight is 464 g/mol. The van der Waals surface area contributed by atoms with E-state index in [1.807, 2.05) is 36.4 Å². The zero-order valence-corrected chi connectivity index (χ0v) is 19.3. The van der Waals surface area contributed by atoms with E-state index in [9.17, 15) is 14.7 Å². The second-order valence-electron chi connectivity index (χ2n) is 9.01. The largest absolute Gasteiger partial charge is 0.481 e. The molecule has 1 aromatic heterocycles. The van der Waals surface area contributed by atoms with Crippen LogP contribution >= 0.6 is 0 Å². The molecular weight excluding hydrogens is 434 g/mol. The first kappa shape index (κ1) is 22.4. The second-order valence-corrected chi connectivity index (χ2v) is 9.01. The molecule has 3 heterocycles. The van der Waals surface area contributed by atoms with Crippen molar-refractivity contribution in [3.05, 3.63) is 65.0 Å². The van der Waals surface area contributed by atoms with Gasteiger partial charge in [-0.3, -0.25) is 4.79 Å². The van der Waals surface area contributed by atoms with Gasteiger partial charge in [0.2, 0.25) is 0 Å². The van der Waals surface area contributed by atoms with Crippen LogP contribution < -0.4 is 0 Å². The predicted molar refractivity (Wildman–Crippen MR) is 126 cm³/mol. The Morgan fingerprint density at radius 2 is 2.06 bits per heavy atom. The summed E-state index contributed by atoms with van der Waals surface area (Å²) < 4.78 is 12.8. The lowest BCUT2D eigenvalue weighted by Crippen LogP contribution is -2.35. The van der Waals surface area contributed by atoms with E-state index in [0.717, 1.165) is 53.9 Å². The number of carbonyl (C=O) groups excluding carboxylic acids is 1. The maximum Gasteiger partial charge on any atom is 0.409 e. The topological polar surface area (TPSA) is 93.9 Å². The molecular formula is C26H29N3O5. The Bertz CT molecular complexity index is 1200. The molecule has 0 bridgehead atoms. The monoisotopic (exact) mass is 463 g/mol. The van der Waals surface area contributed by atoms with Crippen LogP contribution in [0.25, 0.3) is 11.0 Å². The standard InChI is InChI=1S/C26H29N3O5/c1-33-26(32)28-12-11-18-9-10-22-23(20(18)14-28)27-24(19-8-5-13-34-16-19)29(22)15-21(25(30)31)17-6-3-2-4-7-17/h2-4,6-7,9-10,19,21H,5,8,11-16H2,1H3,(H,30,31)/t19?,21-/m1/s1. The van der Waals surface area contributed by atoms with E-state index < -0.39 is 11.9 Å². The highest BCUT2D eigenvalue weighted by Crippen LogP contribution is 2.34. The van der Waals surface area contributed by atoms with Crippen molar-refractivity contribution in [2.75, 3.05) is 26.9 Å². The van der Waals surface area contributed by atoms with Gasteiger partial charge in [0, 0.05) is 31.2 Å². The fraction of sp³-hybridized carbons (Fsp3) is 0.423. The smallest absolute Gasteiger partial charge is 0.409 e. The first-order valence-electron chi connectivity index (χ1n) is 11.8. The maximum atomic E-state index is 12.3. The minimum atomic E-state index is -0.867. The number of hydrogen-bond donors (Lipinski definition) is 1. The minimum absolute atomic E-state index is 0.0994. The van der Waals surface area contributed by atoms with Gasteiger partial charge >= 0.3 is 12.1 Å². The Kier molecular flexibility index (Phi) is 6.24. The maximum absolute atomic E-state index is 12.3. The third-order valence-corrected chi connectivity index (χ3v) is 6.98. The second kappa shape index (κ2) is 9.46. The zero-order valence-electron chi connectivity index (χ0n) is 19.3. The van der Waals surface area contributed by atoms with Crippen LogP contribution in [-0.2, 0) is 33.8 Å². The van der Waals surface area contributed by atoms with Gasteiger partial charge < -0.3 is 24.0 Å². The molecule has 1 N–H and O–H groups in total. The Morgan fingerprint density at radius 3 is 2.76 bits per heavy atom. The SMILES string of the molecule is COC(=O)N1CCc2ccc3c(nc(C4CCCOC4)n3C[C@@H](C(=O)O)c3ccccc3)c2C1. The molecule has 1 fully saturated rings. The van der Waals surface area contributed by atoms with Crippen LogP contribution in [0.15, 0.2) is 42.5 Å². The first-order chi connectivity index (χ1) is 16.6. The molecule has 34 heavy (non-hydrogen) atoms. The van der Waals surface area contributed by atoms with E-state index >= 15 is 0 Å². The molecule has 0 aliphatic carbocycles. The average Bonchev–Trinajstić information content (AvgIpc) is 3.26. The number of fused-ring (bicyclic) bond motifs is 3. The summed E-state index contributed by atoms with van der Waals surface area (Å²) in [6, 6.07) is 13.5. The number of aromatic nitrogens is 2. The van der Waals surface area contributed by atoms with Gasteiger partial charge in [-0.1, -0.05) is 36.4 Å². The highest BCUT2D eigenvalue weighted by Gasteiger charge is 2.30. The van der Waals surface area contributed by atoms with Crippen molar-refractivity contribution in [3.63, 3.8) is 0 Å². The summed E-state index contributed by atoms with van der Waals surface area (Å²) in [5.41, 5.74) is 4.67. The van der Waals surface area contributed by atoms with Crippen molar-refractivity contribution in [2.24, 2.45) is 0 Å². The number of rotatable bonds is 5. The molecule has 1 unspecified atom stereocenters. The predicted octanol–water partition coefficient (Wildman–Crippen LogP) is 3.92. The highest BCUT2D eigenvalue weighted by molar-refractivity contribution is 5.83. The van der Waals surface area contributed by atoms with Crippen molar-refractivity contribution in [1.29, 1.82) is 0 Å². The van der Waals surface area contributed by atoms with E-state index in [0.29, 0.717) is 19.7 Å². The van der Waals surface area contributed by atoms with Crippen LogP contribution in [0.5, 0.6) is 0 Å². The van der Waals surface area contributed by atoms with Gasteiger partial charge in [0.1, 0.15) is 5.82 Å². The molecule has 0 radical (unpaired) electrons. The number of methoxy groups -OCH3 is 1. The summed E-state index contributed by atoms with van der Waals surface area (Å²) >= 11 is 0. The summed E-state index contributed by atoms with van der Waals surface area (Å²) in [6.07, 6.45) is 2.28. The number of ether oxygens (including phenoxy) is 2. The molecule has 0 saturated carbocycles. The number of carbonyl (C=O) groups is 2. The first-order valence-corrected chi connectivity index (χ1v) is 11.8. The van der Waals surface area contributed by atoms with Gasteiger partial charge in [0.05, 0.1) is 37.2 Å². The molecule has 2 aliphatic heterocycles. The molecule has 1 amide bonds. The number of hydrogen-bond acceptors (Lipinski definition) is 5. The normalized spacial score (nSPS) is 19.0. The summed E-state index contributed by atoms with van der Waals surface area (Å²) in [6.45, 7) is 2.62. The molecule has 2 aliphatic rings. The van der Waals surface area contributed by atoms with Crippen LogP contribution in [-0.4, -0.2) is 58.5 Å². The summed E-state index contributed by atoms with van der Waals surface area (Å²) in [4.78, 5) is 31.3. The van der Waals surface area contributed by atoms with Gasteiger partial charge in [-0.2, -0.15) is 0 Å². The lowest BCUT2D eigenvalue weighted by Gasteiger charge is -2.27. The number of imidazole rings is 1. The van der Waals surface area contributed by atoms with Crippen LogP contribution in [0.4, 0.5) is 4.79 Å². The van der Waals surface area contributed by atoms with Gasteiger partial charge in [-0.05, 0) is 36.5 Å². The number of carboxylic acids is 1. The number of carboxylic acid groups (broad SMARTS) is 1. The van der Waals surface area contributed by atoms with Crippen LogP contribution in [0.2, 0.25) is 0 Å². The van der Waals surface area contributed by atoms with Crippen molar-refractivity contribution >= 4 is 23.1 Å². The minimum Gasteiger partial charge on any atom is -0.481 e. The zero-order chi connectivity index (χ0) is 23.7. The molecule has 8 heteroatoms. The quantitative estimate of drug-likeness (QED) is 0.616. The van der Waals surface area contributed by atoms with E-state index in [1.165, 1.54) is 12.7 Å². The van der Waals surface area contributed by atoms with E-state index in [2.05, 4.69) is 10.6 Å². The lowest BCUT2D eigenvalue weighted by atomic mass is 9.97. The molecule has 2 aromatic carbocycles. The van der Waals surface area contributed by atoms with E-state index in [4.69, 9.17) is 14.5 Å². The van der Waals surface area contributed by atoms with Crippen LogP contribution in [0.1, 0.15) is 47.2 Å². The fourth-order valence-corrected chi connectivity index (χ4v) is 5.17. The highest BCUT2D eigenvalue weighted by atomic mass is 16.5. The molecule has 1 saturated heterocycles. The van der Waals surface area contributed by atoms with Crippen molar-refractivity contribution in [2.45, 2.75) is 44.2 Å². The number of benzene rings is 2. The Balaban J connectivity index is 1.62. The molecule has 3 aromatic rings. The third-order valence-electron chi connectivity index (χ3n) is 6.98. The Morgan fingerprint density at radius 1 is 1.24 bits per heavy atom. The van der Waals surface area contributed by atoms with Gasteiger partial charge in [-0.15, -0.1) is 0 Å². The summed E-state index contributed by atoms with van der Waals surface area (Å²) in [5, 5.41) is 10.1. The molecule has 8 nitrogen and oxygen atoms in total. The third kappa shape index (κ3) is 4.14. The van der Waals surface area contributed by atoms with Crippen LogP contribution in [0, 0.1) is 0 Å². The van der Waals surface area contributed by atoms with E-state index in [1.54, 1.807) is 4.90 Å². The number of nitrogens with zero attached hydrogens (tertiary/aromatic N) is 3. The lowest BCUT2D eigenvalue weighted by molar-refractivity contribution is -0.139. The molecule has 178 valence electrons. The Labute approximate surface area is 198 Å². The van der Waals surface area contributed by atoms with Crippen molar-refractivity contribution < 1.29 is 24.2 Å². The fourth-order valence-electron chi connectivity index (χ4n) is 5.17. The number of aliphatic carboxylic acids is 1. The summed E-state index contributed by atoms with van der Waals surface area (Å²) in [7, 11) is 1.39. The van der Waals surface area contributed by atoms with Crippen molar-refractivity contribution in [1.82, 2.24) is 14.5 Å². The van der Waals surface area contributed by atoms with E-state index in [-0.39, 0.29) is 18.6 Å². The molecule has 5 rings (SSSR count).